The topological polar surface area (TPSA) is 75.4 Å². The standard InChI is InChI=1S/C17H20N2O2/c1-12-2-7-15(10-16(12)20)17(21)19-11-14-5-3-13(4-6-14)8-9-18/h2-7,10,20H,8-9,11,18H2,1H3,(H,19,21). The molecule has 0 aliphatic heterocycles. The summed E-state index contributed by atoms with van der Waals surface area (Å²) < 4.78 is 0. The van der Waals surface area contributed by atoms with Crippen LogP contribution in [-0.2, 0) is 13.0 Å². The summed E-state index contributed by atoms with van der Waals surface area (Å²) >= 11 is 0. The molecule has 0 heterocycles. The Morgan fingerprint density at radius 2 is 1.81 bits per heavy atom. The lowest BCUT2D eigenvalue weighted by molar-refractivity contribution is 0.0950. The Kier molecular flexibility index (Phi) is 4.95. The predicted molar refractivity (Wildman–Crippen MR) is 83.2 cm³/mol. The zero-order valence-corrected chi connectivity index (χ0v) is 12.1. The number of benzene rings is 2. The Balaban J connectivity index is 1.95. The summed E-state index contributed by atoms with van der Waals surface area (Å²) in [4.78, 5) is 12.0. The summed E-state index contributed by atoms with van der Waals surface area (Å²) in [5, 5.41) is 12.5. The molecule has 2 aromatic rings. The van der Waals surface area contributed by atoms with E-state index in [1.54, 1.807) is 19.1 Å². The van der Waals surface area contributed by atoms with E-state index >= 15 is 0 Å². The van der Waals surface area contributed by atoms with Crippen molar-refractivity contribution in [2.75, 3.05) is 6.54 Å². The molecule has 0 aliphatic rings. The van der Waals surface area contributed by atoms with Gasteiger partial charge in [0.25, 0.3) is 5.91 Å². The van der Waals surface area contributed by atoms with Gasteiger partial charge in [-0.05, 0) is 48.7 Å². The van der Waals surface area contributed by atoms with Crippen LogP contribution in [0, 0.1) is 6.92 Å². The summed E-state index contributed by atoms with van der Waals surface area (Å²) in [6.45, 7) is 2.88. The molecule has 4 N–H and O–H groups in total. The van der Waals surface area contributed by atoms with Crippen molar-refractivity contribution >= 4 is 5.91 Å². The van der Waals surface area contributed by atoms with Crippen molar-refractivity contribution in [2.24, 2.45) is 5.73 Å². The second-order valence-electron chi connectivity index (χ2n) is 5.04. The minimum atomic E-state index is -0.198. The van der Waals surface area contributed by atoms with Crippen LogP contribution in [0.2, 0.25) is 0 Å². The molecule has 0 saturated carbocycles. The van der Waals surface area contributed by atoms with Crippen LogP contribution in [0.1, 0.15) is 27.0 Å². The first-order valence-electron chi connectivity index (χ1n) is 6.96. The van der Waals surface area contributed by atoms with Gasteiger partial charge in [0.05, 0.1) is 0 Å². The number of hydrogen-bond donors (Lipinski definition) is 3. The first kappa shape index (κ1) is 15.1. The summed E-state index contributed by atoms with van der Waals surface area (Å²) in [5.41, 5.74) is 8.93. The largest absolute Gasteiger partial charge is 0.508 e. The molecule has 0 bridgehead atoms. The molecule has 0 radical (unpaired) electrons. The average Bonchev–Trinajstić information content (AvgIpc) is 2.49. The number of aryl methyl sites for hydroxylation is 1. The number of nitrogens with two attached hydrogens (primary N) is 1. The van der Waals surface area contributed by atoms with Gasteiger partial charge in [-0.2, -0.15) is 0 Å². The molecule has 0 fully saturated rings. The molecule has 0 aliphatic carbocycles. The molecule has 110 valence electrons. The fourth-order valence-electron chi connectivity index (χ4n) is 2.03. The molecule has 4 nitrogen and oxygen atoms in total. The summed E-state index contributed by atoms with van der Waals surface area (Å²) in [6, 6.07) is 12.9. The zero-order valence-electron chi connectivity index (χ0n) is 12.1. The molecular formula is C17H20N2O2. The highest BCUT2D eigenvalue weighted by atomic mass is 16.3. The fourth-order valence-corrected chi connectivity index (χ4v) is 2.03. The lowest BCUT2D eigenvalue weighted by Gasteiger charge is -2.07. The highest BCUT2D eigenvalue weighted by Gasteiger charge is 2.07. The first-order valence-corrected chi connectivity index (χ1v) is 6.96. The smallest absolute Gasteiger partial charge is 0.251 e. The van der Waals surface area contributed by atoms with Crippen LogP contribution >= 0.6 is 0 Å². The van der Waals surface area contributed by atoms with Gasteiger partial charge in [-0.25, -0.2) is 0 Å². The molecule has 0 aromatic heterocycles. The summed E-state index contributed by atoms with van der Waals surface area (Å²) in [6.07, 6.45) is 0.856. The number of aromatic hydroxyl groups is 1. The van der Waals surface area contributed by atoms with Crippen molar-refractivity contribution < 1.29 is 9.90 Å². The minimum absolute atomic E-state index is 0.133. The second-order valence-corrected chi connectivity index (χ2v) is 5.04. The minimum Gasteiger partial charge on any atom is -0.508 e. The van der Waals surface area contributed by atoms with E-state index in [-0.39, 0.29) is 11.7 Å². The van der Waals surface area contributed by atoms with E-state index in [1.807, 2.05) is 24.3 Å². The van der Waals surface area contributed by atoms with Gasteiger partial charge in [0.2, 0.25) is 0 Å². The third-order valence-corrected chi connectivity index (χ3v) is 3.38. The quantitative estimate of drug-likeness (QED) is 0.787. The van der Waals surface area contributed by atoms with Gasteiger partial charge >= 0.3 is 0 Å². The number of phenols is 1. The van der Waals surface area contributed by atoms with Gasteiger partial charge in [0, 0.05) is 12.1 Å². The lowest BCUT2D eigenvalue weighted by Crippen LogP contribution is -2.22. The van der Waals surface area contributed by atoms with E-state index in [1.165, 1.54) is 11.6 Å². The predicted octanol–water partition coefficient (Wildman–Crippen LogP) is 2.13. The number of hydrogen-bond acceptors (Lipinski definition) is 3. The van der Waals surface area contributed by atoms with Crippen LogP contribution in [-0.4, -0.2) is 17.6 Å². The van der Waals surface area contributed by atoms with Gasteiger partial charge in [0.1, 0.15) is 5.75 Å². The Morgan fingerprint density at radius 1 is 1.14 bits per heavy atom. The Bertz CT molecular complexity index is 621. The van der Waals surface area contributed by atoms with Crippen molar-refractivity contribution in [3.05, 3.63) is 64.7 Å². The van der Waals surface area contributed by atoms with E-state index in [4.69, 9.17) is 5.73 Å². The summed E-state index contributed by atoms with van der Waals surface area (Å²) in [5.74, 6) is -0.0647. The maximum atomic E-state index is 12.0. The molecule has 2 aromatic carbocycles. The monoisotopic (exact) mass is 284 g/mol. The normalized spacial score (nSPS) is 10.4. The van der Waals surface area contributed by atoms with E-state index in [0.717, 1.165) is 17.5 Å². The molecule has 0 saturated heterocycles. The average molecular weight is 284 g/mol. The SMILES string of the molecule is Cc1ccc(C(=O)NCc2ccc(CCN)cc2)cc1O. The van der Waals surface area contributed by atoms with Gasteiger partial charge in [-0.1, -0.05) is 30.3 Å². The summed E-state index contributed by atoms with van der Waals surface area (Å²) in [7, 11) is 0. The molecule has 0 atom stereocenters. The number of rotatable bonds is 5. The van der Waals surface area contributed by atoms with E-state index < -0.39 is 0 Å². The fraction of sp³-hybridized carbons (Fsp3) is 0.235. The van der Waals surface area contributed by atoms with E-state index in [9.17, 15) is 9.90 Å². The third-order valence-electron chi connectivity index (χ3n) is 3.38. The molecule has 2 rings (SSSR count). The van der Waals surface area contributed by atoms with Gasteiger partial charge < -0.3 is 16.2 Å². The van der Waals surface area contributed by atoms with Crippen LogP contribution < -0.4 is 11.1 Å². The van der Waals surface area contributed by atoms with Crippen molar-refractivity contribution in [1.29, 1.82) is 0 Å². The highest BCUT2D eigenvalue weighted by molar-refractivity contribution is 5.94. The van der Waals surface area contributed by atoms with Crippen LogP contribution in [0.3, 0.4) is 0 Å². The number of phenolic OH excluding ortho intramolecular Hbond substituents is 1. The zero-order chi connectivity index (χ0) is 15.2. The molecule has 1 amide bonds. The van der Waals surface area contributed by atoms with E-state index in [0.29, 0.717) is 18.7 Å². The van der Waals surface area contributed by atoms with Crippen LogP contribution in [0.4, 0.5) is 0 Å². The Morgan fingerprint density at radius 3 is 2.43 bits per heavy atom. The lowest BCUT2D eigenvalue weighted by atomic mass is 10.1. The van der Waals surface area contributed by atoms with Gasteiger partial charge in [-0.3, -0.25) is 4.79 Å². The molecular weight excluding hydrogens is 264 g/mol. The van der Waals surface area contributed by atoms with Crippen molar-refractivity contribution in [2.45, 2.75) is 19.9 Å². The number of nitrogens with one attached hydrogen (secondary N) is 1. The van der Waals surface area contributed by atoms with Crippen molar-refractivity contribution in [3.8, 4) is 5.75 Å². The highest BCUT2D eigenvalue weighted by Crippen LogP contribution is 2.17. The first-order chi connectivity index (χ1) is 10.1. The van der Waals surface area contributed by atoms with Crippen molar-refractivity contribution in [3.63, 3.8) is 0 Å². The maximum Gasteiger partial charge on any atom is 0.251 e. The van der Waals surface area contributed by atoms with Crippen LogP contribution in [0.5, 0.6) is 5.75 Å². The van der Waals surface area contributed by atoms with Gasteiger partial charge in [-0.15, -0.1) is 0 Å². The number of carbonyl (C=O) groups is 1. The molecule has 0 unspecified atom stereocenters. The number of carbonyl (C=O) groups excluding carboxylic acids is 1. The maximum absolute atomic E-state index is 12.0. The van der Waals surface area contributed by atoms with Crippen LogP contribution in [0.15, 0.2) is 42.5 Å². The molecule has 21 heavy (non-hydrogen) atoms. The van der Waals surface area contributed by atoms with Crippen LogP contribution in [0.25, 0.3) is 0 Å². The van der Waals surface area contributed by atoms with Crippen molar-refractivity contribution in [1.82, 2.24) is 5.32 Å². The molecule has 4 heteroatoms. The number of amides is 1. The van der Waals surface area contributed by atoms with Gasteiger partial charge in [0.15, 0.2) is 0 Å². The second kappa shape index (κ2) is 6.90. The van der Waals surface area contributed by atoms with E-state index in [2.05, 4.69) is 5.32 Å². The third kappa shape index (κ3) is 4.07. The molecule has 0 spiro atoms. The Hall–Kier alpha value is -2.33. The Labute approximate surface area is 124 Å².